The molecule has 1 aromatic carbocycles. The van der Waals surface area contributed by atoms with Gasteiger partial charge in [-0.2, -0.15) is 0 Å². The lowest BCUT2D eigenvalue weighted by atomic mass is 9.74. The number of fused-ring (bicyclic) bond motifs is 3. The van der Waals surface area contributed by atoms with Gasteiger partial charge in [0.1, 0.15) is 5.82 Å². The Labute approximate surface area is 187 Å². The summed E-state index contributed by atoms with van der Waals surface area (Å²) in [7, 11) is 0. The summed E-state index contributed by atoms with van der Waals surface area (Å²) in [6.45, 7) is 9.17. The number of allylic oxidation sites excluding steroid dienone is 2. The summed E-state index contributed by atoms with van der Waals surface area (Å²) in [4.78, 5) is 16.3. The number of pyridine rings is 1. The summed E-state index contributed by atoms with van der Waals surface area (Å²) in [6, 6.07) is 1.57. The summed E-state index contributed by atoms with van der Waals surface area (Å²) >= 11 is 1.57. The number of halogens is 1. The molecular weight excluding hydrogens is 411 g/mol. The molecule has 2 heterocycles. The number of benzene rings is 1. The Bertz CT molecular complexity index is 1110. The first-order valence-electron chi connectivity index (χ1n) is 10.7. The lowest BCUT2D eigenvalue weighted by Crippen LogP contribution is -2.24. The topological polar surface area (TPSA) is 53.4 Å². The van der Waals surface area contributed by atoms with Crippen molar-refractivity contribution >= 4 is 29.2 Å². The van der Waals surface area contributed by atoms with Gasteiger partial charge in [-0.1, -0.05) is 31.9 Å². The average Bonchev–Trinajstić information content (AvgIpc) is 2.70. The van der Waals surface area contributed by atoms with Crippen molar-refractivity contribution in [3.8, 4) is 11.3 Å². The second kappa shape index (κ2) is 7.97. The third kappa shape index (κ3) is 3.86. The normalized spacial score (nSPS) is 17.1. The number of nitrogens with zero attached hydrogens (tertiary/aromatic N) is 2. The van der Waals surface area contributed by atoms with Crippen LogP contribution in [0.5, 0.6) is 0 Å². The van der Waals surface area contributed by atoms with E-state index in [4.69, 9.17) is 0 Å². The van der Waals surface area contributed by atoms with Gasteiger partial charge in [0.05, 0.1) is 30.5 Å². The summed E-state index contributed by atoms with van der Waals surface area (Å²) in [5.41, 5.74) is 9.13. The minimum atomic E-state index is -0.826. The zero-order chi connectivity index (χ0) is 22.5. The Hall–Kier alpha value is -2.34. The molecule has 164 valence electrons. The van der Waals surface area contributed by atoms with Gasteiger partial charge in [0.25, 0.3) is 0 Å². The molecule has 0 bridgehead atoms. The molecule has 1 N–H and O–H groups in total. The zero-order valence-corrected chi connectivity index (χ0v) is 19.6. The Morgan fingerprint density at radius 1 is 1.29 bits per heavy atom. The molecule has 0 radical (unpaired) electrons. The van der Waals surface area contributed by atoms with E-state index in [0.717, 1.165) is 64.0 Å². The van der Waals surface area contributed by atoms with E-state index < -0.39 is 5.97 Å². The van der Waals surface area contributed by atoms with Crippen LogP contribution in [0.4, 0.5) is 10.1 Å². The standard InChI is InChI=1S/C25H29FN2O2S/c1-14-19(11-20(29)30)21(16-6-8-25(3,4)9-7-16)15(2)22-23-17(10-18(26)12-27-23)13-28(31-5)24(14)22/h6,10,12H,7-9,11,13H2,1-5H3,(H,29,30). The third-order valence-electron chi connectivity index (χ3n) is 6.67. The van der Waals surface area contributed by atoms with Crippen molar-refractivity contribution in [1.82, 2.24) is 4.98 Å². The average molecular weight is 441 g/mol. The molecule has 1 aliphatic carbocycles. The number of rotatable bonds is 4. The molecule has 0 atom stereocenters. The maximum absolute atomic E-state index is 14.0. The number of hydrogen-bond acceptors (Lipinski definition) is 4. The molecule has 1 aliphatic heterocycles. The van der Waals surface area contributed by atoms with Gasteiger partial charge < -0.3 is 9.41 Å². The molecule has 4 nitrogen and oxygen atoms in total. The van der Waals surface area contributed by atoms with Crippen molar-refractivity contribution in [2.45, 2.75) is 59.9 Å². The monoisotopic (exact) mass is 440 g/mol. The van der Waals surface area contributed by atoms with E-state index >= 15 is 0 Å². The molecule has 2 aliphatic rings. The minimum Gasteiger partial charge on any atom is -0.481 e. The molecule has 0 saturated heterocycles. The summed E-state index contributed by atoms with van der Waals surface area (Å²) in [6.07, 6.45) is 8.51. The van der Waals surface area contributed by atoms with Gasteiger partial charge in [-0.25, -0.2) is 4.39 Å². The summed E-state index contributed by atoms with van der Waals surface area (Å²) in [5, 5.41) is 9.71. The fraction of sp³-hybridized carbons (Fsp3) is 0.440. The quantitative estimate of drug-likeness (QED) is 0.564. The van der Waals surface area contributed by atoms with Crippen LogP contribution in [0.2, 0.25) is 0 Å². The van der Waals surface area contributed by atoms with Crippen LogP contribution < -0.4 is 4.31 Å². The van der Waals surface area contributed by atoms with Crippen LogP contribution in [0, 0.1) is 25.1 Å². The number of anilines is 1. The Balaban J connectivity index is 2.04. The van der Waals surface area contributed by atoms with Crippen LogP contribution in [-0.2, 0) is 17.8 Å². The first-order chi connectivity index (χ1) is 14.6. The van der Waals surface area contributed by atoms with Crippen LogP contribution in [0.1, 0.15) is 60.9 Å². The Morgan fingerprint density at radius 3 is 2.65 bits per heavy atom. The lowest BCUT2D eigenvalue weighted by molar-refractivity contribution is -0.136. The van der Waals surface area contributed by atoms with Crippen molar-refractivity contribution in [2.24, 2.45) is 5.41 Å². The van der Waals surface area contributed by atoms with Crippen molar-refractivity contribution < 1.29 is 14.3 Å². The van der Waals surface area contributed by atoms with Gasteiger partial charge in [-0.15, -0.1) is 0 Å². The van der Waals surface area contributed by atoms with Gasteiger partial charge in [0.15, 0.2) is 0 Å². The molecule has 0 saturated carbocycles. The minimum absolute atomic E-state index is 0.0120. The molecule has 2 aromatic rings. The van der Waals surface area contributed by atoms with Crippen molar-refractivity contribution in [3.63, 3.8) is 0 Å². The molecule has 6 heteroatoms. The predicted molar refractivity (Wildman–Crippen MR) is 126 cm³/mol. The first-order valence-corrected chi connectivity index (χ1v) is 11.8. The fourth-order valence-corrected chi connectivity index (χ4v) is 5.65. The van der Waals surface area contributed by atoms with Crippen LogP contribution in [0.15, 0.2) is 18.3 Å². The van der Waals surface area contributed by atoms with Crippen LogP contribution in [-0.4, -0.2) is 22.3 Å². The largest absolute Gasteiger partial charge is 0.481 e. The second-order valence-corrected chi connectivity index (χ2v) is 10.2. The number of hydrogen-bond donors (Lipinski definition) is 1. The smallest absolute Gasteiger partial charge is 0.307 e. The molecule has 0 fully saturated rings. The van der Waals surface area contributed by atoms with Crippen LogP contribution in [0.25, 0.3) is 16.8 Å². The van der Waals surface area contributed by atoms with E-state index in [1.54, 1.807) is 18.0 Å². The number of aliphatic carboxylic acids is 1. The van der Waals surface area contributed by atoms with E-state index in [1.165, 1.54) is 11.8 Å². The number of carbonyl (C=O) groups is 1. The highest BCUT2D eigenvalue weighted by molar-refractivity contribution is 7.99. The maximum Gasteiger partial charge on any atom is 0.307 e. The fourth-order valence-electron chi connectivity index (χ4n) is 4.98. The van der Waals surface area contributed by atoms with Crippen LogP contribution >= 0.6 is 11.9 Å². The summed E-state index contributed by atoms with van der Waals surface area (Å²) in [5.74, 6) is -1.16. The van der Waals surface area contributed by atoms with Gasteiger partial charge in [-0.05, 0) is 72.4 Å². The highest BCUT2D eigenvalue weighted by atomic mass is 32.2. The molecule has 4 rings (SSSR count). The molecule has 0 spiro atoms. The van der Waals surface area contributed by atoms with Crippen molar-refractivity contribution in [2.75, 3.05) is 10.6 Å². The number of carboxylic acids is 1. The highest BCUT2D eigenvalue weighted by Gasteiger charge is 2.33. The first kappa shape index (κ1) is 21.9. The molecule has 0 unspecified atom stereocenters. The van der Waals surface area contributed by atoms with E-state index in [0.29, 0.717) is 6.54 Å². The molecule has 31 heavy (non-hydrogen) atoms. The van der Waals surface area contributed by atoms with E-state index in [1.807, 2.05) is 13.2 Å². The zero-order valence-electron chi connectivity index (χ0n) is 18.8. The number of aromatic nitrogens is 1. The van der Waals surface area contributed by atoms with Gasteiger partial charge in [-0.3, -0.25) is 9.78 Å². The lowest BCUT2D eigenvalue weighted by Gasteiger charge is -2.36. The van der Waals surface area contributed by atoms with Crippen molar-refractivity contribution in [3.05, 3.63) is 52.0 Å². The van der Waals surface area contributed by atoms with E-state index in [2.05, 4.69) is 36.1 Å². The predicted octanol–water partition coefficient (Wildman–Crippen LogP) is 6.32. The van der Waals surface area contributed by atoms with Gasteiger partial charge in [0, 0.05) is 17.4 Å². The van der Waals surface area contributed by atoms with Crippen molar-refractivity contribution in [1.29, 1.82) is 0 Å². The Kier molecular flexibility index (Phi) is 5.63. The maximum atomic E-state index is 14.0. The van der Waals surface area contributed by atoms with Gasteiger partial charge in [0.2, 0.25) is 0 Å². The highest BCUT2D eigenvalue weighted by Crippen LogP contribution is 2.50. The second-order valence-electron chi connectivity index (χ2n) is 9.38. The van der Waals surface area contributed by atoms with Gasteiger partial charge >= 0.3 is 5.97 Å². The van der Waals surface area contributed by atoms with Crippen LogP contribution in [0.3, 0.4) is 0 Å². The number of carboxylic acid groups (broad SMARTS) is 1. The molecular formula is C25H29FN2O2S. The molecule has 0 amide bonds. The van der Waals surface area contributed by atoms with E-state index in [9.17, 15) is 14.3 Å². The SMILES string of the molecule is CSN1Cc2cc(F)cnc2-c2c(C)c(C3=CCC(C)(C)CC3)c(CC(=O)O)c(C)c21. The Morgan fingerprint density at radius 2 is 2.03 bits per heavy atom. The molecule has 1 aromatic heterocycles. The third-order valence-corrected chi connectivity index (χ3v) is 7.42. The van der Waals surface area contributed by atoms with E-state index in [-0.39, 0.29) is 17.7 Å². The summed E-state index contributed by atoms with van der Waals surface area (Å²) < 4.78 is 16.1.